The molecule has 3 heteroatoms. The zero-order valence-corrected chi connectivity index (χ0v) is 8.66. The standard InChI is InChI=1S/C10H14N2S/c1-6-9(8-4-11-5-8)12-10(13-6)7-2-3-7/h7-8,11H,2-5H2,1H3. The molecule has 0 radical (unpaired) electrons. The average Bonchev–Trinajstić information content (AvgIpc) is 2.76. The van der Waals surface area contributed by atoms with Gasteiger partial charge in [0.05, 0.1) is 10.7 Å². The fraction of sp³-hybridized carbons (Fsp3) is 0.700. The van der Waals surface area contributed by atoms with E-state index in [9.17, 15) is 0 Å². The number of aryl methyl sites for hydroxylation is 1. The van der Waals surface area contributed by atoms with Crippen molar-refractivity contribution in [2.75, 3.05) is 13.1 Å². The number of hydrogen-bond acceptors (Lipinski definition) is 3. The molecule has 2 fully saturated rings. The molecular formula is C10H14N2S. The highest BCUT2D eigenvalue weighted by Gasteiger charge is 2.30. The lowest BCUT2D eigenvalue weighted by molar-refractivity contribution is 0.439. The Balaban J connectivity index is 1.90. The van der Waals surface area contributed by atoms with Crippen LogP contribution in [0.25, 0.3) is 0 Å². The van der Waals surface area contributed by atoms with Crippen molar-refractivity contribution < 1.29 is 0 Å². The van der Waals surface area contributed by atoms with Gasteiger partial charge in [0, 0.05) is 29.8 Å². The van der Waals surface area contributed by atoms with E-state index < -0.39 is 0 Å². The minimum atomic E-state index is 0.712. The Kier molecular flexibility index (Phi) is 1.70. The minimum absolute atomic E-state index is 0.712. The smallest absolute Gasteiger partial charge is 0.0962 e. The van der Waals surface area contributed by atoms with Gasteiger partial charge in [0.25, 0.3) is 0 Å². The number of hydrogen-bond donors (Lipinski definition) is 1. The Morgan fingerprint density at radius 3 is 2.62 bits per heavy atom. The van der Waals surface area contributed by atoms with E-state index in [1.54, 1.807) is 0 Å². The molecule has 1 saturated heterocycles. The second-order valence-corrected chi connectivity index (χ2v) is 5.36. The molecule has 2 heterocycles. The van der Waals surface area contributed by atoms with Crippen LogP contribution >= 0.6 is 11.3 Å². The Bertz CT molecular complexity index is 324. The number of nitrogens with zero attached hydrogens (tertiary/aromatic N) is 1. The SMILES string of the molecule is Cc1sc(C2CC2)nc1C1CNC1. The summed E-state index contributed by atoms with van der Waals surface area (Å²) in [5.41, 5.74) is 1.38. The Hall–Kier alpha value is -0.410. The van der Waals surface area contributed by atoms with Crippen molar-refractivity contribution >= 4 is 11.3 Å². The monoisotopic (exact) mass is 194 g/mol. The quantitative estimate of drug-likeness (QED) is 0.779. The molecule has 1 aliphatic heterocycles. The van der Waals surface area contributed by atoms with Gasteiger partial charge in [-0.25, -0.2) is 4.98 Å². The van der Waals surface area contributed by atoms with Crippen LogP contribution in [-0.4, -0.2) is 18.1 Å². The van der Waals surface area contributed by atoms with Crippen LogP contribution in [0.2, 0.25) is 0 Å². The van der Waals surface area contributed by atoms with Crippen molar-refractivity contribution in [2.24, 2.45) is 0 Å². The molecule has 0 aromatic carbocycles. The summed E-state index contributed by atoms with van der Waals surface area (Å²) in [4.78, 5) is 6.22. The molecule has 70 valence electrons. The zero-order chi connectivity index (χ0) is 8.84. The van der Waals surface area contributed by atoms with Crippen LogP contribution < -0.4 is 5.32 Å². The lowest BCUT2D eigenvalue weighted by Crippen LogP contribution is -2.40. The first kappa shape index (κ1) is 7.94. The summed E-state index contributed by atoms with van der Waals surface area (Å²) >= 11 is 1.92. The lowest BCUT2D eigenvalue weighted by Gasteiger charge is -2.25. The summed E-state index contributed by atoms with van der Waals surface area (Å²) in [6.07, 6.45) is 2.74. The van der Waals surface area contributed by atoms with Gasteiger partial charge < -0.3 is 5.32 Å². The van der Waals surface area contributed by atoms with Crippen molar-refractivity contribution in [1.82, 2.24) is 10.3 Å². The molecule has 1 aliphatic carbocycles. The first-order valence-electron chi connectivity index (χ1n) is 5.02. The van der Waals surface area contributed by atoms with Crippen molar-refractivity contribution in [1.29, 1.82) is 0 Å². The van der Waals surface area contributed by atoms with Crippen molar-refractivity contribution in [3.63, 3.8) is 0 Å². The number of aromatic nitrogens is 1. The third-order valence-corrected chi connectivity index (χ3v) is 4.09. The van der Waals surface area contributed by atoms with E-state index in [0.717, 1.165) is 19.0 Å². The first-order chi connectivity index (χ1) is 6.34. The fourth-order valence-corrected chi connectivity index (χ4v) is 2.97. The lowest BCUT2D eigenvalue weighted by atomic mass is 9.99. The van der Waals surface area contributed by atoms with Crippen molar-refractivity contribution in [3.8, 4) is 0 Å². The highest BCUT2D eigenvalue weighted by atomic mass is 32.1. The molecule has 1 aromatic heterocycles. The Morgan fingerprint density at radius 2 is 2.08 bits per heavy atom. The van der Waals surface area contributed by atoms with E-state index in [4.69, 9.17) is 4.98 Å². The molecule has 3 rings (SSSR count). The van der Waals surface area contributed by atoms with Crippen LogP contribution in [0.1, 0.15) is 40.3 Å². The Morgan fingerprint density at radius 1 is 1.31 bits per heavy atom. The minimum Gasteiger partial charge on any atom is -0.315 e. The first-order valence-corrected chi connectivity index (χ1v) is 5.84. The molecule has 0 bridgehead atoms. The highest BCUT2D eigenvalue weighted by molar-refractivity contribution is 7.11. The zero-order valence-electron chi connectivity index (χ0n) is 7.84. The summed E-state index contributed by atoms with van der Waals surface area (Å²) in [5, 5.41) is 4.71. The Labute approximate surface area is 82.4 Å². The predicted molar refractivity (Wildman–Crippen MR) is 54.4 cm³/mol. The molecule has 2 nitrogen and oxygen atoms in total. The van der Waals surface area contributed by atoms with E-state index >= 15 is 0 Å². The number of rotatable bonds is 2. The second-order valence-electron chi connectivity index (χ2n) is 4.12. The molecule has 13 heavy (non-hydrogen) atoms. The summed E-state index contributed by atoms with van der Waals surface area (Å²) in [6, 6.07) is 0. The van der Waals surface area contributed by atoms with Crippen LogP contribution in [0.5, 0.6) is 0 Å². The number of thiazole rings is 1. The van der Waals surface area contributed by atoms with Crippen LogP contribution in [0.4, 0.5) is 0 Å². The molecule has 1 saturated carbocycles. The normalized spacial score (nSPS) is 23.2. The van der Waals surface area contributed by atoms with Gasteiger partial charge in [-0.3, -0.25) is 0 Å². The van der Waals surface area contributed by atoms with E-state index in [1.165, 1.54) is 28.4 Å². The summed E-state index contributed by atoms with van der Waals surface area (Å²) in [5.74, 6) is 1.54. The van der Waals surface area contributed by atoms with Gasteiger partial charge in [0.15, 0.2) is 0 Å². The predicted octanol–water partition coefficient (Wildman–Crippen LogP) is 2.02. The van der Waals surface area contributed by atoms with Crippen molar-refractivity contribution in [3.05, 3.63) is 15.6 Å². The van der Waals surface area contributed by atoms with Crippen LogP contribution in [0.3, 0.4) is 0 Å². The molecular weight excluding hydrogens is 180 g/mol. The number of nitrogens with one attached hydrogen (secondary N) is 1. The van der Waals surface area contributed by atoms with Crippen molar-refractivity contribution in [2.45, 2.75) is 31.6 Å². The molecule has 2 aliphatic rings. The van der Waals surface area contributed by atoms with Gasteiger partial charge in [-0.05, 0) is 19.8 Å². The largest absolute Gasteiger partial charge is 0.315 e. The topological polar surface area (TPSA) is 24.9 Å². The maximum atomic E-state index is 4.77. The maximum absolute atomic E-state index is 4.77. The van der Waals surface area contributed by atoms with E-state index in [-0.39, 0.29) is 0 Å². The van der Waals surface area contributed by atoms with Gasteiger partial charge in [-0.1, -0.05) is 0 Å². The summed E-state index contributed by atoms with van der Waals surface area (Å²) < 4.78 is 0. The molecule has 0 atom stereocenters. The van der Waals surface area contributed by atoms with Gasteiger partial charge >= 0.3 is 0 Å². The van der Waals surface area contributed by atoms with Gasteiger partial charge in [-0.15, -0.1) is 11.3 Å². The summed E-state index contributed by atoms with van der Waals surface area (Å²) in [7, 11) is 0. The van der Waals surface area contributed by atoms with E-state index in [2.05, 4.69) is 12.2 Å². The summed E-state index contributed by atoms with van der Waals surface area (Å²) in [6.45, 7) is 4.49. The molecule has 1 aromatic rings. The molecule has 1 N–H and O–H groups in total. The van der Waals surface area contributed by atoms with Crippen LogP contribution in [-0.2, 0) is 0 Å². The van der Waals surface area contributed by atoms with Gasteiger partial charge in [0.1, 0.15) is 0 Å². The van der Waals surface area contributed by atoms with Gasteiger partial charge in [-0.2, -0.15) is 0 Å². The molecule has 0 unspecified atom stereocenters. The van der Waals surface area contributed by atoms with E-state index in [1.807, 2.05) is 11.3 Å². The third kappa shape index (κ3) is 1.30. The second kappa shape index (κ2) is 2.79. The molecule has 0 spiro atoms. The van der Waals surface area contributed by atoms with Gasteiger partial charge in [0.2, 0.25) is 0 Å². The average molecular weight is 194 g/mol. The third-order valence-electron chi connectivity index (χ3n) is 2.94. The highest BCUT2D eigenvalue weighted by Crippen LogP contribution is 2.43. The fourth-order valence-electron chi connectivity index (χ4n) is 1.80. The van der Waals surface area contributed by atoms with Crippen LogP contribution in [0.15, 0.2) is 0 Å². The maximum Gasteiger partial charge on any atom is 0.0962 e. The van der Waals surface area contributed by atoms with Crippen LogP contribution in [0, 0.1) is 6.92 Å². The molecule has 0 amide bonds. The van der Waals surface area contributed by atoms with E-state index in [0.29, 0.717) is 5.92 Å².